The predicted molar refractivity (Wildman–Crippen MR) is 118 cm³/mol. The lowest BCUT2D eigenvalue weighted by Gasteiger charge is -2.21. The van der Waals surface area contributed by atoms with E-state index in [9.17, 15) is 29.9 Å². The molecule has 1 amide bonds. The van der Waals surface area contributed by atoms with Gasteiger partial charge in [-0.3, -0.25) is 19.8 Å². The molecule has 4 rings (SSSR count). The molecule has 0 saturated heterocycles. The number of benzene rings is 3. The molecule has 0 atom stereocenters. The van der Waals surface area contributed by atoms with Crippen LogP contribution in [-0.2, 0) is 4.79 Å². The van der Waals surface area contributed by atoms with E-state index in [4.69, 9.17) is 0 Å². The number of nitrogens with zero attached hydrogens (tertiary/aromatic N) is 2. The fraction of sp³-hybridized carbons (Fsp3) is 0. The molecule has 8 nitrogen and oxygen atoms in total. The Bertz CT molecular complexity index is 1290. The second-order valence-electron chi connectivity index (χ2n) is 6.99. The molecule has 0 radical (unpaired) electrons. The highest BCUT2D eigenvalue weighted by molar-refractivity contribution is 6.23. The smallest absolute Gasteiger partial charge is 0.339 e. The van der Waals surface area contributed by atoms with Crippen molar-refractivity contribution in [3.8, 4) is 5.75 Å². The van der Waals surface area contributed by atoms with Crippen molar-refractivity contribution >= 4 is 35.0 Å². The third-order valence-corrected chi connectivity index (χ3v) is 4.95. The largest absolute Gasteiger partial charge is 0.507 e. The molecule has 1 aliphatic rings. The first kappa shape index (κ1) is 20.5. The molecule has 0 saturated carbocycles. The quantitative estimate of drug-likeness (QED) is 0.351. The van der Waals surface area contributed by atoms with E-state index in [1.54, 1.807) is 24.3 Å². The van der Waals surface area contributed by atoms with Crippen LogP contribution >= 0.6 is 0 Å². The standard InChI is InChI=1S/C24H16N2O6/c27-22-11-10-19(14-20(22)24(29)30)25-21(16-4-2-1-3-5-16)13-17(23(25)28)12-15-6-8-18(9-7-15)26(31)32/h1-14,27H,(H,29,30)/b17-12+. The zero-order valence-corrected chi connectivity index (χ0v) is 16.5. The van der Waals surface area contributed by atoms with E-state index < -0.39 is 22.5 Å². The lowest BCUT2D eigenvalue weighted by Crippen LogP contribution is -2.25. The van der Waals surface area contributed by atoms with Gasteiger partial charge in [0.1, 0.15) is 11.3 Å². The Morgan fingerprint density at radius 1 is 1.00 bits per heavy atom. The number of hydrogen-bond donors (Lipinski definition) is 2. The van der Waals surface area contributed by atoms with Gasteiger partial charge in [-0.1, -0.05) is 30.3 Å². The second-order valence-corrected chi connectivity index (χ2v) is 6.99. The highest BCUT2D eigenvalue weighted by Gasteiger charge is 2.31. The zero-order chi connectivity index (χ0) is 22.8. The molecule has 3 aromatic rings. The first-order chi connectivity index (χ1) is 15.3. The molecule has 32 heavy (non-hydrogen) atoms. The third-order valence-electron chi connectivity index (χ3n) is 4.95. The van der Waals surface area contributed by atoms with E-state index in [0.29, 0.717) is 16.8 Å². The maximum Gasteiger partial charge on any atom is 0.339 e. The van der Waals surface area contributed by atoms with Crippen molar-refractivity contribution in [2.45, 2.75) is 0 Å². The van der Waals surface area contributed by atoms with Crippen molar-refractivity contribution in [2.75, 3.05) is 4.90 Å². The number of phenols is 1. The van der Waals surface area contributed by atoms with Gasteiger partial charge >= 0.3 is 5.97 Å². The summed E-state index contributed by atoms with van der Waals surface area (Å²) in [6.07, 6.45) is 3.28. The van der Waals surface area contributed by atoms with Gasteiger partial charge in [0, 0.05) is 17.7 Å². The highest BCUT2D eigenvalue weighted by Crippen LogP contribution is 2.37. The van der Waals surface area contributed by atoms with Crippen LogP contribution < -0.4 is 4.90 Å². The number of carbonyl (C=O) groups is 2. The Morgan fingerprint density at radius 2 is 1.69 bits per heavy atom. The van der Waals surface area contributed by atoms with Crippen LogP contribution in [0.5, 0.6) is 5.75 Å². The number of nitro benzene ring substituents is 1. The Labute approximate surface area is 182 Å². The number of aromatic hydroxyl groups is 1. The number of non-ortho nitro benzene ring substituents is 1. The average Bonchev–Trinajstić information content (AvgIpc) is 3.11. The van der Waals surface area contributed by atoms with Crippen LogP contribution in [0.3, 0.4) is 0 Å². The number of aromatic carboxylic acids is 1. The summed E-state index contributed by atoms with van der Waals surface area (Å²) < 4.78 is 0. The molecule has 0 unspecified atom stereocenters. The maximum absolute atomic E-state index is 13.3. The van der Waals surface area contributed by atoms with Gasteiger partial charge in [-0.2, -0.15) is 0 Å². The molecule has 2 N–H and O–H groups in total. The van der Waals surface area contributed by atoms with Crippen molar-refractivity contribution in [3.05, 3.63) is 111 Å². The SMILES string of the molecule is O=C(O)c1cc(N2C(=O)/C(=C/c3ccc([N+](=O)[O-])cc3)C=C2c2ccccc2)ccc1O. The number of carboxylic acid groups (broad SMARTS) is 1. The van der Waals surface area contributed by atoms with Crippen LogP contribution in [0.25, 0.3) is 11.8 Å². The summed E-state index contributed by atoms with van der Waals surface area (Å²) in [6, 6.07) is 18.8. The lowest BCUT2D eigenvalue weighted by molar-refractivity contribution is -0.384. The molecule has 0 aromatic heterocycles. The zero-order valence-electron chi connectivity index (χ0n) is 16.5. The number of carboxylic acids is 1. The molecule has 1 heterocycles. The van der Waals surface area contributed by atoms with E-state index in [-0.39, 0.29) is 16.9 Å². The van der Waals surface area contributed by atoms with Gasteiger partial charge in [0.05, 0.1) is 16.3 Å². The predicted octanol–water partition coefficient (Wildman–Crippen LogP) is 4.47. The molecule has 8 heteroatoms. The van der Waals surface area contributed by atoms with E-state index in [0.717, 1.165) is 5.56 Å². The van der Waals surface area contributed by atoms with Gasteiger partial charge < -0.3 is 10.2 Å². The van der Waals surface area contributed by atoms with Gasteiger partial charge in [0.2, 0.25) is 0 Å². The number of rotatable bonds is 5. The van der Waals surface area contributed by atoms with Gasteiger partial charge in [-0.05, 0) is 53.6 Å². The number of nitro groups is 1. The van der Waals surface area contributed by atoms with Crippen LogP contribution in [0.1, 0.15) is 21.5 Å². The molecular formula is C24H16N2O6. The van der Waals surface area contributed by atoms with Crippen LogP contribution in [0.15, 0.2) is 84.4 Å². The summed E-state index contributed by atoms with van der Waals surface area (Å²) in [6.45, 7) is 0. The summed E-state index contributed by atoms with van der Waals surface area (Å²) in [5.74, 6) is -2.12. The lowest BCUT2D eigenvalue weighted by atomic mass is 10.1. The normalized spacial score (nSPS) is 14.5. The average molecular weight is 428 g/mol. The van der Waals surface area contributed by atoms with Crippen LogP contribution in [0, 0.1) is 10.1 Å². The van der Waals surface area contributed by atoms with Crippen LogP contribution in [0.4, 0.5) is 11.4 Å². The molecular weight excluding hydrogens is 412 g/mol. The summed E-state index contributed by atoms with van der Waals surface area (Å²) in [5.41, 5.74) is 2.09. The molecule has 3 aromatic carbocycles. The van der Waals surface area contributed by atoms with Crippen molar-refractivity contribution in [1.29, 1.82) is 0 Å². The third kappa shape index (κ3) is 3.84. The monoisotopic (exact) mass is 428 g/mol. The first-order valence-electron chi connectivity index (χ1n) is 9.49. The van der Waals surface area contributed by atoms with Crippen LogP contribution in [0.2, 0.25) is 0 Å². The second kappa shape index (κ2) is 8.19. The van der Waals surface area contributed by atoms with Gasteiger partial charge in [0.25, 0.3) is 11.6 Å². The molecule has 158 valence electrons. The summed E-state index contributed by atoms with van der Waals surface area (Å²) >= 11 is 0. The molecule has 1 aliphatic heterocycles. The first-order valence-corrected chi connectivity index (χ1v) is 9.49. The number of hydrogen-bond acceptors (Lipinski definition) is 5. The Kier molecular flexibility index (Phi) is 5.26. The van der Waals surface area contributed by atoms with Crippen LogP contribution in [-0.4, -0.2) is 27.0 Å². The van der Waals surface area contributed by atoms with E-state index in [1.165, 1.54) is 35.2 Å². The van der Waals surface area contributed by atoms with Crippen molar-refractivity contribution in [3.63, 3.8) is 0 Å². The van der Waals surface area contributed by atoms with Crippen molar-refractivity contribution in [2.24, 2.45) is 0 Å². The van der Waals surface area contributed by atoms with E-state index in [1.807, 2.05) is 30.3 Å². The molecule has 0 fully saturated rings. The fourth-order valence-corrected chi connectivity index (χ4v) is 3.40. The highest BCUT2D eigenvalue weighted by atomic mass is 16.6. The summed E-state index contributed by atoms with van der Waals surface area (Å²) in [4.78, 5) is 36.5. The van der Waals surface area contributed by atoms with Gasteiger partial charge in [0.15, 0.2) is 0 Å². The molecule has 0 spiro atoms. The number of amides is 1. The van der Waals surface area contributed by atoms with Crippen molar-refractivity contribution in [1.82, 2.24) is 0 Å². The van der Waals surface area contributed by atoms with Crippen molar-refractivity contribution < 1.29 is 24.7 Å². The Balaban J connectivity index is 1.81. The Hall–Kier alpha value is -4.72. The fourth-order valence-electron chi connectivity index (χ4n) is 3.40. The summed E-state index contributed by atoms with van der Waals surface area (Å²) in [7, 11) is 0. The minimum Gasteiger partial charge on any atom is -0.507 e. The topological polar surface area (TPSA) is 121 Å². The van der Waals surface area contributed by atoms with Gasteiger partial charge in [-0.25, -0.2) is 4.79 Å². The minimum absolute atomic E-state index is 0.0580. The Morgan fingerprint density at radius 3 is 2.31 bits per heavy atom. The van der Waals surface area contributed by atoms with E-state index >= 15 is 0 Å². The number of anilines is 1. The van der Waals surface area contributed by atoms with E-state index in [2.05, 4.69) is 0 Å². The summed E-state index contributed by atoms with van der Waals surface area (Å²) in [5, 5.41) is 30.1. The minimum atomic E-state index is -1.32. The maximum atomic E-state index is 13.3. The molecule has 0 aliphatic carbocycles. The van der Waals surface area contributed by atoms with Gasteiger partial charge in [-0.15, -0.1) is 0 Å². The molecule has 0 bridgehead atoms. The number of carbonyl (C=O) groups excluding carboxylic acids is 1.